The second kappa shape index (κ2) is 8.35. The van der Waals surface area contributed by atoms with Gasteiger partial charge in [0, 0.05) is 18.7 Å². The van der Waals surface area contributed by atoms with Gasteiger partial charge in [0.05, 0.1) is 27.0 Å². The Bertz CT molecular complexity index is 833. The molecule has 3 rings (SSSR count). The van der Waals surface area contributed by atoms with Gasteiger partial charge >= 0.3 is 0 Å². The smallest absolute Gasteiger partial charge is 0.203 e. The molecular formula is C19H22N4O3. The van der Waals surface area contributed by atoms with Gasteiger partial charge in [-0.25, -0.2) is 9.67 Å². The summed E-state index contributed by atoms with van der Waals surface area (Å²) in [6.07, 6.45) is 3.20. The van der Waals surface area contributed by atoms with Crippen molar-refractivity contribution in [3.63, 3.8) is 0 Å². The van der Waals surface area contributed by atoms with Gasteiger partial charge in [0.2, 0.25) is 5.75 Å². The van der Waals surface area contributed by atoms with Crippen molar-refractivity contribution in [1.82, 2.24) is 20.1 Å². The number of aromatic nitrogens is 3. The maximum absolute atomic E-state index is 5.51. The molecule has 0 bridgehead atoms. The van der Waals surface area contributed by atoms with E-state index in [2.05, 4.69) is 27.5 Å². The van der Waals surface area contributed by atoms with Crippen LogP contribution in [-0.4, -0.2) is 36.1 Å². The SMILES string of the molecule is COc1ccc(CNCc2ccc(-n3cncn3)cc2)c(OC)c1OC. The molecule has 1 heterocycles. The van der Waals surface area contributed by atoms with Gasteiger partial charge < -0.3 is 19.5 Å². The van der Waals surface area contributed by atoms with Crippen LogP contribution in [-0.2, 0) is 13.1 Å². The fraction of sp³-hybridized carbons (Fsp3) is 0.263. The van der Waals surface area contributed by atoms with Gasteiger partial charge in [0.25, 0.3) is 0 Å². The molecule has 7 heteroatoms. The zero-order valence-corrected chi connectivity index (χ0v) is 15.1. The summed E-state index contributed by atoms with van der Waals surface area (Å²) in [7, 11) is 4.84. The molecule has 2 aromatic carbocycles. The third kappa shape index (κ3) is 3.78. The third-order valence-electron chi connectivity index (χ3n) is 4.05. The second-order valence-corrected chi connectivity index (χ2v) is 5.60. The van der Waals surface area contributed by atoms with E-state index in [4.69, 9.17) is 14.2 Å². The predicted molar refractivity (Wildman–Crippen MR) is 98.0 cm³/mol. The summed E-state index contributed by atoms with van der Waals surface area (Å²) in [5, 5.41) is 7.55. The fourth-order valence-corrected chi connectivity index (χ4v) is 2.75. The van der Waals surface area contributed by atoms with Crippen molar-refractivity contribution >= 4 is 0 Å². The monoisotopic (exact) mass is 354 g/mol. The van der Waals surface area contributed by atoms with E-state index in [9.17, 15) is 0 Å². The number of rotatable bonds is 8. The Morgan fingerprint density at radius 1 is 0.885 bits per heavy atom. The van der Waals surface area contributed by atoms with Crippen LogP contribution in [0.5, 0.6) is 17.2 Å². The number of benzene rings is 2. The van der Waals surface area contributed by atoms with Crippen LogP contribution in [0.4, 0.5) is 0 Å². The molecule has 0 atom stereocenters. The van der Waals surface area contributed by atoms with Crippen LogP contribution in [0.3, 0.4) is 0 Å². The van der Waals surface area contributed by atoms with E-state index >= 15 is 0 Å². The van der Waals surface area contributed by atoms with E-state index in [1.165, 1.54) is 11.9 Å². The van der Waals surface area contributed by atoms with Gasteiger partial charge in [-0.15, -0.1) is 0 Å². The Hall–Kier alpha value is -3.06. The first kappa shape index (κ1) is 17.8. The normalized spacial score (nSPS) is 10.6. The molecule has 1 aromatic heterocycles. The van der Waals surface area contributed by atoms with Crippen molar-refractivity contribution in [3.8, 4) is 22.9 Å². The molecule has 26 heavy (non-hydrogen) atoms. The molecule has 136 valence electrons. The number of ether oxygens (including phenoxy) is 3. The minimum Gasteiger partial charge on any atom is -0.493 e. The van der Waals surface area contributed by atoms with Crippen LogP contribution >= 0.6 is 0 Å². The zero-order chi connectivity index (χ0) is 18.4. The number of nitrogens with zero attached hydrogens (tertiary/aromatic N) is 3. The second-order valence-electron chi connectivity index (χ2n) is 5.60. The summed E-state index contributed by atoms with van der Waals surface area (Å²) in [6, 6.07) is 12.0. The average molecular weight is 354 g/mol. The molecule has 0 aliphatic heterocycles. The van der Waals surface area contributed by atoms with Crippen molar-refractivity contribution in [3.05, 3.63) is 60.2 Å². The molecule has 0 unspecified atom stereocenters. The highest BCUT2D eigenvalue weighted by molar-refractivity contribution is 5.55. The lowest BCUT2D eigenvalue weighted by atomic mass is 10.1. The van der Waals surface area contributed by atoms with Crippen LogP contribution in [0.1, 0.15) is 11.1 Å². The van der Waals surface area contributed by atoms with Gasteiger partial charge in [-0.3, -0.25) is 0 Å². The van der Waals surface area contributed by atoms with Crippen molar-refractivity contribution in [2.45, 2.75) is 13.1 Å². The first-order chi connectivity index (χ1) is 12.8. The summed E-state index contributed by atoms with van der Waals surface area (Å²) in [5.41, 5.74) is 3.16. The Labute approximate surface area is 152 Å². The highest BCUT2D eigenvalue weighted by Crippen LogP contribution is 2.39. The van der Waals surface area contributed by atoms with Crippen LogP contribution in [0, 0.1) is 0 Å². The van der Waals surface area contributed by atoms with Gasteiger partial charge in [0.15, 0.2) is 11.5 Å². The predicted octanol–water partition coefficient (Wildman–Crippen LogP) is 2.58. The molecule has 0 spiro atoms. The summed E-state index contributed by atoms with van der Waals surface area (Å²) >= 11 is 0. The van der Waals surface area contributed by atoms with E-state index in [1.54, 1.807) is 32.3 Å². The maximum atomic E-state index is 5.51. The molecule has 3 aromatic rings. The lowest BCUT2D eigenvalue weighted by Gasteiger charge is -2.16. The first-order valence-electron chi connectivity index (χ1n) is 8.19. The van der Waals surface area contributed by atoms with Crippen LogP contribution in [0.25, 0.3) is 5.69 Å². The Balaban J connectivity index is 1.64. The highest BCUT2D eigenvalue weighted by atomic mass is 16.5. The van der Waals surface area contributed by atoms with Crippen molar-refractivity contribution < 1.29 is 14.2 Å². The largest absolute Gasteiger partial charge is 0.493 e. The minimum atomic E-state index is 0.603. The Morgan fingerprint density at radius 2 is 1.65 bits per heavy atom. The standard InChI is InChI=1S/C19H22N4O3/c1-24-17-9-6-15(18(25-2)19(17)26-3)11-20-10-14-4-7-16(8-5-14)23-13-21-12-22-23/h4-9,12-13,20H,10-11H2,1-3H3. The molecule has 0 fully saturated rings. The molecule has 0 aliphatic rings. The number of nitrogens with one attached hydrogen (secondary N) is 1. The van der Waals surface area contributed by atoms with E-state index in [1.807, 2.05) is 24.3 Å². The fourth-order valence-electron chi connectivity index (χ4n) is 2.75. The summed E-state index contributed by atoms with van der Waals surface area (Å²) in [5.74, 6) is 1.93. The van der Waals surface area contributed by atoms with Crippen molar-refractivity contribution in [2.24, 2.45) is 0 Å². The number of hydrogen-bond donors (Lipinski definition) is 1. The number of methoxy groups -OCH3 is 3. The number of hydrogen-bond acceptors (Lipinski definition) is 6. The highest BCUT2D eigenvalue weighted by Gasteiger charge is 2.15. The Morgan fingerprint density at radius 3 is 2.27 bits per heavy atom. The molecule has 0 radical (unpaired) electrons. The van der Waals surface area contributed by atoms with Crippen molar-refractivity contribution in [1.29, 1.82) is 0 Å². The average Bonchev–Trinajstić information content (AvgIpc) is 3.22. The summed E-state index contributed by atoms with van der Waals surface area (Å²) < 4.78 is 18.0. The van der Waals surface area contributed by atoms with Crippen molar-refractivity contribution in [2.75, 3.05) is 21.3 Å². The Kier molecular flexibility index (Phi) is 5.70. The zero-order valence-electron chi connectivity index (χ0n) is 15.1. The molecular weight excluding hydrogens is 332 g/mol. The van der Waals surface area contributed by atoms with Crippen LogP contribution in [0.15, 0.2) is 49.1 Å². The van der Waals surface area contributed by atoms with Crippen LogP contribution in [0.2, 0.25) is 0 Å². The minimum absolute atomic E-state index is 0.603. The van der Waals surface area contributed by atoms with E-state index < -0.39 is 0 Å². The van der Waals surface area contributed by atoms with Gasteiger partial charge in [0.1, 0.15) is 12.7 Å². The molecule has 1 N–H and O–H groups in total. The lowest BCUT2D eigenvalue weighted by Crippen LogP contribution is -2.14. The van der Waals surface area contributed by atoms with E-state index in [0.29, 0.717) is 23.8 Å². The topological polar surface area (TPSA) is 70.4 Å². The van der Waals surface area contributed by atoms with Gasteiger partial charge in [-0.2, -0.15) is 5.10 Å². The molecule has 0 aliphatic carbocycles. The first-order valence-corrected chi connectivity index (χ1v) is 8.19. The van der Waals surface area contributed by atoms with E-state index in [0.717, 1.165) is 17.8 Å². The summed E-state index contributed by atoms with van der Waals surface area (Å²) in [4.78, 5) is 3.96. The quantitative estimate of drug-likeness (QED) is 0.670. The van der Waals surface area contributed by atoms with E-state index in [-0.39, 0.29) is 0 Å². The van der Waals surface area contributed by atoms with Gasteiger partial charge in [-0.1, -0.05) is 18.2 Å². The van der Waals surface area contributed by atoms with Crippen LogP contribution < -0.4 is 19.5 Å². The maximum Gasteiger partial charge on any atom is 0.203 e. The lowest BCUT2D eigenvalue weighted by molar-refractivity contribution is 0.321. The molecule has 0 saturated heterocycles. The molecule has 7 nitrogen and oxygen atoms in total. The molecule has 0 amide bonds. The van der Waals surface area contributed by atoms with Gasteiger partial charge in [-0.05, 0) is 23.8 Å². The summed E-state index contributed by atoms with van der Waals surface area (Å²) in [6.45, 7) is 1.38. The molecule has 0 saturated carbocycles. The third-order valence-corrected chi connectivity index (χ3v) is 4.05.